The molecule has 2 aromatic rings. The number of esters is 1. The fourth-order valence-corrected chi connectivity index (χ4v) is 3.73. The second-order valence-corrected chi connectivity index (χ2v) is 9.33. The van der Waals surface area contributed by atoms with Crippen LogP contribution < -0.4 is 0 Å². The summed E-state index contributed by atoms with van der Waals surface area (Å²) in [5, 5.41) is 10.9. The van der Waals surface area contributed by atoms with Crippen molar-refractivity contribution in [2.24, 2.45) is 0 Å². The van der Waals surface area contributed by atoms with Crippen LogP contribution in [0.3, 0.4) is 0 Å². The fourth-order valence-electron chi connectivity index (χ4n) is 3.13. The molecule has 2 atom stereocenters. The molecule has 0 aromatic heterocycles. The van der Waals surface area contributed by atoms with Crippen LogP contribution in [-0.4, -0.2) is 24.2 Å². The first-order valence-corrected chi connectivity index (χ1v) is 11.3. The van der Waals surface area contributed by atoms with Gasteiger partial charge in [0.05, 0.1) is 38.0 Å². The van der Waals surface area contributed by atoms with E-state index in [1.807, 2.05) is 0 Å². The van der Waals surface area contributed by atoms with Crippen molar-refractivity contribution in [2.75, 3.05) is 7.11 Å². The summed E-state index contributed by atoms with van der Waals surface area (Å²) in [5.74, 6) is -1.23. The molecule has 2 unspecified atom stereocenters. The third-order valence-corrected chi connectivity index (χ3v) is 6.80. The van der Waals surface area contributed by atoms with Crippen LogP contribution in [0.15, 0.2) is 61.7 Å². The summed E-state index contributed by atoms with van der Waals surface area (Å²) in [4.78, 5) is 23.2. The molecule has 0 aliphatic heterocycles. The molecule has 178 valence electrons. The van der Waals surface area contributed by atoms with E-state index in [1.165, 1.54) is 7.11 Å². The van der Waals surface area contributed by atoms with Gasteiger partial charge in [-0.1, -0.05) is 70.7 Å². The molecule has 0 spiro atoms. The van der Waals surface area contributed by atoms with Crippen LogP contribution in [-0.2, 0) is 25.2 Å². The first-order valence-electron chi connectivity index (χ1n) is 9.82. The van der Waals surface area contributed by atoms with E-state index in [-0.39, 0.29) is 5.97 Å². The molecule has 0 aliphatic rings. The molecular weight excluding hydrogens is 506 g/mol. The molecular formula is C25H26Cl4O4. The van der Waals surface area contributed by atoms with E-state index in [4.69, 9.17) is 51.1 Å². The quantitative estimate of drug-likeness (QED) is 0.277. The summed E-state index contributed by atoms with van der Waals surface area (Å²) >= 11 is 23.5. The third kappa shape index (κ3) is 7.00. The van der Waals surface area contributed by atoms with E-state index in [0.717, 1.165) is 5.56 Å². The lowest BCUT2D eigenvalue weighted by Crippen LogP contribution is -2.33. The van der Waals surface area contributed by atoms with Crippen molar-refractivity contribution in [1.82, 2.24) is 0 Å². The molecule has 0 bridgehead atoms. The highest BCUT2D eigenvalue weighted by molar-refractivity contribution is 6.42. The molecule has 0 aliphatic carbocycles. The van der Waals surface area contributed by atoms with Crippen LogP contribution in [0.25, 0.3) is 0 Å². The van der Waals surface area contributed by atoms with Crippen LogP contribution in [0, 0.1) is 0 Å². The Labute approximate surface area is 214 Å². The number of ether oxygens (including phenoxy) is 1. The van der Waals surface area contributed by atoms with Crippen LogP contribution >= 0.6 is 46.4 Å². The zero-order chi connectivity index (χ0) is 25.4. The normalized spacial score (nSPS) is 14.0. The van der Waals surface area contributed by atoms with E-state index >= 15 is 0 Å². The van der Waals surface area contributed by atoms with E-state index in [1.54, 1.807) is 62.4 Å². The average molecular weight is 532 g/mol. The van der Waals surface area contributed by atoms with Gasteiger partial charge in [-0.25, -0.2) is 0 Å². The predicted octanol–water partition coefficient (Wildman–Crippen LogP) is 7.91. The number of hydrogen-bond acceptors (Lipinski definition) is 3. The molecule has 2 aromatic carbocycles. The Morgan fingerprint density at radius 3 is 1.58 bits per heavy atom. The minimum Gasteiger partial charge on any atom is -0.481 e. The number of halogens is 4. The predicted molar refractivity (Wildman–Crippen MR) is 137 cm³/mol. The van der Waals surface area contributed by atoms with Crippen molar-refractivity contribution in [1.29, 1.82) is 0 Å². The third-order valence-electron chi connectivity index (χ3n) is 5.33. The Kier molecular flexibility index (Phi) is 11.0. The highest BCUT2D eigenvalue weighted by Crippen LogP contribution is 2.34. The summed E-state index contributed by atoms with van der Waals surface area (Å²) in [6.45, 7) is 10.7. The SMILES string of the molecule is C=CCC(C)(C(=O)O)c1ccc(Cl)c(Cl)c1.C=CCC(C)(C(=O)OC)c1ccc(Cl)c(Cl)c1. The minimum absolute atomic E-state index is 0.323. The number of carbonyl (C=O) groups is 2. The summed E-state index contributed by atoms with van der Waals surface area (Å²) in [5.41, 5.74) is -0.422. The molecule has 33 heavy (non-hydrogen) atoms. The smallest absolute Gasteiger partial charge is 0.316 e. The number of hydrogen-bond donors (Lipinski definition) is 1. The molecule has 2 rings (SSSR count). The van der Waals surface area contributed by atoms with E-state index < -0.39 is 16.8 Å². The van der Waals surface area contributed by atoms with Crippen molar-refractivity contribution in [3.05, 3.63) is 92.9 Å². The topological polar surface area (TPSA) is 63.6 Å². The number of carboxylic acid groups (broad SMARTS) is 1. The highest BCUT2D eigenvalue weighted by Gasteiger charge is 2.35. The molecule has 0 fully saturated rings. The zero-order valence-electron chi connectivity index (χ0n) is 18.6. The first kappa shape index (κ1) is 29.1. The molecule has 0 saturated carbocycles. The van der Waals surface area contributed by atoms with Gasteiger partial charge in [-0.2, -0.15) is 0 Å². The van der Waals surface area contributed by atoms with Gasteiger partial charge >= 0.3 is 11.9 Å². The Morgan fingerprint density at radius 2 is 1.24 bits per heavy atom. The van der Waals surface area contributed by atoms with Crippen molar-refractivity contribution < 1.29 is 19.4 Å². The minimum atomic E-state index is -1.02. The molecule has 0 amide bonds. The summed E-state index contributed by atoms with van der Waals surface area (Å²) in [6.07, 6.45) is 4.06. The van der Waals surface area contributed by atoms with Gasteiger partial charge in [0.15, 0.2) is 0 Å². The number of methoxy groups -OCH3 is 1. The average Bonchev–Trinajstić information content (AvgIpc) is 2.77. The molecule has 4 nitrogen and oxygen atoms in total. The van der Waals surface area contributed by atoms with Gasteiger partial charge in [-0.05, 0) is 62.1 Å². The number of allylic oxidation sites excluding steroid dienone is 2. The maximum Gasteiger partial charge on any atom is 0.316 e. The van der Waals surface area contributed by atoms with Gasteiger partial charge in [0.1, 0.15) is 0 Å². The summed E-state index contributed by atoms with van der Waals surface area (Å²) in [6, 6.07) is 9.99. The van der Waals surface area contributed by atoms with Crippen LogP contribution in [0.2, 0.25) is 20.1 Å². The zero-order valence-corrected chi connectivity index (χ0v) is 21.7. The number of benzene rings is 2. The lowest BCUT2D eigenvalue weighted by atomic mass is 9.79. The Bertz CT molecular complexity index is 1040. The van der Waals surface area contributed by atoms with Crippen LogP contribution in [0.4, 0.5) is 0 Å². The van der Waals surface area contributed by atoms with E-state index in [2.05, 4.69) is 13.2 Å². The second-order valence-electron chi connectivity index (χ2n) is 7.70. The lowest BCUT2D eigenvalue weighted by molar-refractivity contribution is -0.147. The maximum atomic E-state index is 11.9. The molecule has 0 heterocycles. The van der Waals surface area contributed by atoms with Gasteiger partial charge in [-0.15, -0.1) is 13.2 Å². The lowest BCUT2D eigenvalue weighted by Gasteiger charge is -2.26. The Balaban J connectivity index is 0.000000331. The van der Waals surface area contributed by atoms with Gasteiger partial charge in [0.25, 0.3) is 0 Å². The molecule has 8 heteroatoms. The summed E-state index contributed by atoms with van der Waals surface area (Å²) in [7, 11) is 1.36. The fraction of sp³-hybridized carbons (Fsp3) is 0.280. The van der Waals surface area contributed by atoms with Crippen molar-refractivity contribution in [2.45, 2.75) is 37.5 Å². The van der Waals surface area contributed by atoms with Crippen molar-refractivity contribution >= 4 is 58.3 Å². The Morgan fingerprint density at radius 1 is 0.848 bits per heavy atom. The molecule has 0 saturated heterocycles. The second kappa shape index (κ2) is 12.5. The standard InChI is InChI=1S/C13H14Cl2O2.C12H12Cl2O2/c1-4-7-13(2,12(16)17-3)9-5-6-10(14)11(15)8-9;1-3-6-12(2,11(15)16)8-4-5-9(13)10(14)7-8/h4-6,8H,1,7H2,2-3H3;3-5,7H,1,6H2,2H3,(H,15,16). The van der Waals surface area contributed by atoms with Gasteiger partial charge < -0.3 is 9.84 Å². The van der Waals surface area contributed by atoms with Gasteiger partial charge in [0.2, 0.25) is 0 Å². The van der Waals surface area contributed by atoms with Gasteiger partial charge in [0, 0.05) is 0 Å². The monoisotopic (exact) mass is 530 g/mol. The summed E-state index contributed by atoms with van der Waals surface area (Å²) < 4.78 is 4.83. The Hall–Kier alpha value is -1.98. The van der Waals surface area contributed by atoms with Crippen LogP contribution in [0.5, 0.6) is 0 Å². The highest BCUT2D eigenvalue weighted by atomic mass is 35.5. The largest absolute Gasteiger partial charge is 0.481 e. The number of carbonyl (C=O) groups excluding carboxylic acids is 1. The molecule has 1 N–H and O–H groups in total. The van der Waals surface area contributed by atoms with Gasteiger partial charge in [-0.3, -0.25) is 9.59 Å². The number of rotatable bonds is 8. The van der Waals surface area contributed by atoms with E-state index in [0.29, 0.717) is 38.5 Å². The number of aliphatic carboxylic acids is 1. The van der Waals surface area contributed by atoms with Crippen molar-refractivity contribution in [3.63, 3.8) is 0 Å². The van der Waals surface area contributed by atoms with Crippen molar-refractivity contribution in [3.8, 4) is 0 Å². The maximum absolute atomic E-state index is 11.9. The molecule has 0 radical (unpaired) electrons. The van der Waals surface area contributed by atoms with Crippen LogP contribution in [0.1, 0.15) is 37.8 Å². The first-order chi connectivity index (χ1) is 15.4. The van der Waals surface area contributed by atoms with E-state index in [9.17, 15) is 14.7 Å². The number of carboxylic acids is 1.